The first-order valence-corrected chi connectivity index (χ1v) is 21.9. The van der Waals surface area contributed by atoms with Gasteiger partial charge in [-0.25, -0.2) is 4.39 Å². The van der Waals surface area contributed by atoms with Crippen molar-refractivity contribution in [3.05, 3.63) is 113 Å². The number of aryl methyl sites for hydroxylation is 2. The number of aliphatic hydroxyl groups is 2. The Hall–Kier alpha value is -4.51. The lowest BCUT2D eigenvalue weighted by atomic mass is 9.55. The molecule has 3 aliphatic carbocycles. The molecule has 3 aromatic rings. The van der Waals surface area contributed by atoms with E-state index in [2.05, 4.69) is 38.6 Å². The van der Waals surface area contributed by atoms with Crippen molar-refractivity contribution in [2.24, 2.45) is 28.8 Å². The first-order chi connectivity index (χ1) is 28.8. The summed E-state index contributed by atoms with van der Waals surface area (Å²) in [5, 5.41) is 24.9. The fourth-order valence-electron chi connectivity index (χ4n) is 9.51. The van der Waals surface area contributed by atoms with Crippen LogP contribution in [-0.2, 0) is 20.9 Å². The van der Waals surface area contributed by atoms with E-state index in [0.29, 0.717) is 30.8 Å². The van der Waals surface area contributed by atoms with Crippen LogP contribution in [0.2, 0.25) is 0 Å². The summed E-state index contributed by atoms with van der Waals surface area (Å²) in [5.74, 6) is -0.231. The number of hydrogen-bond acceptors (Lipinski definition) is 8. The second-order valence-electron chi connectivity index (χ2n) is 18.2. The standard InChI is InChI=1S/C50H63FN2O7/c1-7-26-57-50-45(53(48(56)35-17-18-35)31-34-15-19-37(51)20-16-34)30-43(52-60-49(4,5)6)41-28-36(12-8-10-24-54)40(13-9-11-25-55)46(47(41)50)42-29-39(22-23-44(42)59-50)58-38-21-14-32(2)33(3)27-38/h7,14-16,19-23,27-29,35-36,40,45-47,54-55H,1,8-13,17-18,24-26,30-31H2,2-6H3. The van der Waals surface area contributed by atoms with Gasteiger partial charge in [0.05, 0.1) is 18.2 Å². The average molecular weight is 823 g/mol. The van der Waals surface area contributed by atoms with Crippen LogP contribution in [0.15, 0.2) is 90.1 Å². The van der Waals surface area contributed by atoms with Crippen LogP contribution in [0.1, 0.15) is 107 Å². The number of oxime groups is 1. The SMILES string of the molecule is C=CCOC12Oc3ccc(Oc4ccc(C)c(C)c4)cc3C3C(CCCCO)C(CCCCO)C=C(C(=NOC(C)(C)C)CC1N(Cc1ccc(F)cc1)C(=O)C1CC1)C32. The molecule has 10 heteroatoms. The third kappa shape index (κ3) is 9.51. The molecule has 2 N–H and O–H groups in total. The van der Waals surface area contributed by atoms with Crippen molar-refractivity contribution in [3.8, 4) is 17.2 Å². The number of nitrogens with zero attached hydrogens (tertiary/aromatic N) is 2. The van der Waals surface area contributed by atoms with Crippen molar-refractivity contribution >= 4 is 11.6 Å². The van der Waals surface area contributed by atoms with E-state index in [1.165, 1.54) is 17.7 Å². The zero-order chi connectivity index (χ0) is 42.6. The van der Waals surface area contributed by atoms with E-state index in [1.807, 2.05) is 49.9 Å². The quantitative estimate of drug-likeness (QED) is 0.0747. The number of benzene rings is 3. The molecule has 0 spiro atoms. The highest BCUT2D eigenvalue weighted by Crippen LogP contribution is 2.62. The number of fused-ring (bicyclic) bond motifs is 2. The summed E-state index contributed by atoms with van der Waals surface area (Å²) in [6, 6.07) is 17.8. The van der Waals surface area contributed by atoms with Crippen LogP contribution in [0.4, 0.5) is 4.39 Å². The monoisotopic (exact) mass is 822 g/mol. The number of ether oxygens (including phenoxy) is 3. The molecule has 0 bridgehead atoms. The summed E-state index contributed by atoms with van der Waals surface area (Å²) in [6.07, 6.45) is 10.7. The second kappa shape index (κ2) is 18.6. The number of rotatable bonds is 18. The van der Waals surface area contributed by atoms with Crippen molar-refractivity contribution in [3.63, 3.8) is 0 Å². The van der Waals surface area contributed by atoms with Crippen molar-refractivity contribution in [1.29, 1.82) is 0 Å². The maximum Gasteiger partial charge on any atom is 0.239 e. The molecule has 0 aromatic heterocycles. The van der Waals surface area contributed by atoms with E-state index < -0.39 is 23.3 Å². The molecule has 3 aromatic carbocycles. The van der Waals surface area contributed by atoms with Gasteiger partial charge in [0.25, 0.3) is 0 Å². The fourth-order valence-corrected chi connectivity index (χ4v) is 9.51. The van der Waals surface area contributed by atoms with Crippen molar-refractivity contribution in [2.75, 3.05) is 19.8 Å². The highest BCUT2D eigenvalue weighted by atomic mass is 19.1. The van der Waals surface area contributed by atoms with Crippen LogP contribution in [0.3, 0.4) is 0 Å². The van der Waals surface area contributed by atoms with Gasteiger partial charge >= 0.3 is 0 Å². The summed E-state index contributed by atoms with van der Waals surface area (Å²) >= 11 is 0. The van der Waals surface area contributed by atoms with E-state index >= 15 is 0 Å². The predicted molar refractivity (Wildman–Crippen MR) is 231 cm³/mol. The Bertz CT molecular complexity index is 2050. The molecule has 0 radical (unpaired) electrons. The minimum Gasteiger partial charge on any atom is -0.459 e. The largest absolute Gasteiger partial charge is 0.459 e. The lowest BCUT2D eigenvalue weighted by Crippen LogP contribution is -2.70. The Morgan fingerprint density at radius 1 is 0.967 bits per heavy atom. The summed E-state index contributed by atoms with van der Waals surface area (Å²) in [6.45, 7) is 14.7. The zero-order valence-corrected chi connectivity index (χ0v) is 36.0. The van der Waals surface area contributed by atoms with Gasteiger partial charge < -0.3 is 34.2 Å². The molecule has 1 amide bonds. The van der Waals surface area contributed by atoms with Gasteiger partial charge in [0.2, 0.25) is 11.7 Å². The molecule has 1 heterocycles. The van der Waals surface area contributed by atoms with Gasteiger partial charge in [-0.3, -0.25) is 4.79 Å². The number of hydrogen-bond donors (Lipinski definition) is 2. The van der Waals surface area contributed by atoms with Gasteiger partial charge in [-0.2, -0.15) is 0 Å². The minimum atomic E-state index is -1.38. The molecular weight excluding hydrogens is 760 g/mol. The smallest absolute Gasteiger partial charge is 0.239 e. The van der Waals surface area contributed by atoms with Crippen LogP contribution < -0.4 is 9.47 Å². The third-order valence-electron chi connectivity index (χ3n) is 12.6. The van der Waals surface area contributed by atoms with E-state index in [1.54, 1.807) is 18.2 Å². The predicted octanol–water partition coefficient (Wildman–Crippen LogP) is 10.1. The van der Waals surface area contributed by atoms with Crippen LogP contribution >= 0.6 is 0 Å². The average Bonchev–Trinajstić information content (AvgIpc) is 4.08. The molecular formula is C50H63FN2O7. The Morgan fingerprint density at radius 2 is 1.67 bits per heavy atom. The summed E-state index contributed by atoms with van der Waals surface area (Å²) in [4.78, 5) is 22.9. The zero-order valence-electron chi connectivity index (χ0n) is 36.0. The highest BCUT2D eigenvalue weighted by Gasteiger charge is 2.66. The Kier molecular flexibility index (Phi) is 13.5. The molecule has 60 heavy (non-hydrogen) atoms. The number of amides is 1. The fraction of sp³-hybridized carbons (Fsp3) is 0.520. The van der Waals surface area contributed by atoms with Gasteiger partial charge in [0.15, 0.2) is 0 Å². The molecule has 1 aliphatic heterocycles. The molecule has 7 rings (SSSR count). The maximum atomic E-state index is 14.8. The van der Waals surface area contributed by atoms with E-state index in [9.17, 15) is 19.4 Å². The van der Waals surface area contributed by atoms with E-state index in [0.717, 1.165) is 72.2 Å². The van der Waals surface area contributed by atoms with Crippen molar-refractivity contribution in [2.45, 2.75) is 122 Å². The van der Waals surface area contributed by atoms with E-state index in [4.69, 9.17) is 24.2 Å². The number of unbranched alkanes of at least 4 members (excludes halogenated alkanes) is 2. The molecule has 322 valence electrons. The number of carbonyl (C=O) groups excluding carboxylic acids is 1. The summed E-state index contributed by atoms with van der Waals surface area (Å²) in [5.41, 5.74) is 5.23. The Balaban J connectivity index is 1.46. The van der Waals surface area contributed by atoms with E-state index in [-0.39, 0.29) is 61.8 Å². The molecule has 0 saturated heterocycles. The first-order valence-electron chi connectivity index (χ1n) is 21.9. The number of aliphatic hydroxyl groups excluding tert-OH is 2. The summed E-state index contributed by atoms with van der Waals surface area (Å²) < 4.78 is 35.4. The van der Waals surface area contributed by atoms with Crippen LogP contribution in [-0.4, -0.2) is 64.0 Å². The number of carbonyl (C=O) groups is 1. The molecule has 6 unspecified atom stereocenters. The van der Waals surface area contributed by atoms with Gasteiger partial charge in [-0.15, -0.1) is 6.58 Å². The van der Waals surface area contributed by atoms with Gasteiger partial charge in [-0.1, -0.05) is 48.3 Å². The van der Waals surface area contributed by atoms with Crippen LogP contribution in [0.5, 0.6) is 17.2 Å². The van der Waals surface area contributed by atoms with Gasteiger partial charge in [0.1, 0.15) is 34.7 Å². The normalized spacial score (nSPS) is 25.1. The summed E-state index contributed by atoms with van der Waals surface area (Å²) in [7, 11) is 0. The first kappa shape index (κ1) is 43.6. The topological polar surface area (TPSA) is 110 Å². The lowest BCUT2D eigenvalue weighted by Gasteiger charge is -2.60. The van der Waals surface area contributed by atoms with Crippen LogP contribution in [0.25, 0.3) is 0 Å². The number of halogens is 1. The maximum absolute atomic E-state index is 14.8. The molecule has 9 nitrogen and oxygen atoms in total. The highest BCUT2D eigenvalue weighted by molar-refractivity contribution is 6.03. The molecule has 2 fully saturated rings. The van der Waals surface area contributed by atoms with Crippen molar-refractivity contribution < 1.29 is 38.4 Å². The van der Waals surface area contributed by atoms with Gasteiger partial charge in [0, 0.05) is 43.6 Å². The minimum absolute atomic E-state index is 0.00898. The number of allylic oxidation sites excluding steroid dienone is 1. The third-order valence-corrected chi connectivity index (χ3v) is 12.6. The lowest BCUT2D eigenvalue weighted by molar-refractivity contribution is -0.258. The van der Waals surface area contributed by atoms with Crippen molar-refractivity contribution in [1.82, 2.24) is 4.90 Å². The van der Waals surface area contributed by atoms with Crippen LogP contribution in [0, 0.1) is 43.3 Å². The molecule has 4 aliphatic rings. The second-order valence-corrected chi connectivity index (χ2v) is 18.2. The molecule has 6 atom stereocenters. The van der Waals surface area contributed by atoms with Gasteiger partial charge in [-0.05, 0) is 150 Å². The Labute approximate surface area is 355 Å². The molecule has 2 saturated carbocycles. The Morgan fingerprint density at radius 3 is 2.33 bits per heavy atom.